The lowest BCUT2D eigenvalue weighted by atomic mass is 10.1. The van der Waals surface area contributed by atoms with Gasteiger partial charge < -0.3 is 20.9 Å². The van der Waals surface area contributed by atoms with Crippen LogP contribution in [0.25, 0.3) is 0 Å². The molecule has 3 rings (SSSR count). The summed E-state index contributed by atoms with van der Waals surface area (Å²) in [5, 5.41) is 9.03. The Bertz CT molecular complexity index is 710. The average Bonchev–Trinajstić information content (AvgIpc) is 2.90. The highest BCUT2D eigenvalue weighted by Crippen LogP contribution is 2.35. The van der Waals surface area contributed by atoms with Crippen LogP contribution in [0.5, 0.6) is 11.6 Å². The molecule has 0 saturated carbocycles. The molecule has 4 N–H and O–H groups in total. The van der Waals surface area contributed by atoms with Gasteiger partial charge in [-0.2, -0.15) is 10.2 Å². The van der Waals surface area contributed by atoms with Gasteiger partial charge in [0.25, 0.3) is 0 Å². The lowest BCUT2D eigenvalue weighted by Gasteiger charge is -2.11. The molecule has 0 amide bonds. The Balaban J connectivity index is 1.73. The molecule has 2 aromatic rings. The summed E-state index contributed by atoms with van der Waals surface area (Å²) in [4.78, 5) is 4.09. The molecule has 0 fully saturated rings. The Labute approximate surface area is 121 Å². The normalized spacial score (nSPS) is 15.9. The van der Waals surface area contributed by atoms with Crippen molar-refractivity contribution in [3.05, 3.63) is 41.5 Å². The van der Waals surface area contributed by atoms with Crippen molar-refractivity contribution in [2.75, 3.05) is 18.1 Å². The van der Waals surface area contributed by atoms with Crippen molar-refractivity contribution in [3.8, 4) is 17.7 Å². The van der Waals surface area contributed by atoms with Crippen molar-refractivity contribution in [1.29, 1.82) is 5.26 Å². The molecular formula is C15H14N4O2. The molecule has 0 saturated heterocycles. The highest BCUT2D eigenvalue weighted by molar-refractivity contribution is 5.71. The summed E-state index contributed by atoms with van der Waals surface area (Å²) in [5.41, 5.74) is 12.9. The number of nitriles is 1. The second kappa shape index (κ2) is 5.21. The predicted octanol–water partition coefficient (Wildman–Crippen LogP) is 1.50. The van der Waals surface area contributed by atoms with Crippen molar-refractivity contribution in [2.45, 2.75) is 12.5 Å². The molecule has 1 aliphatic rings. The molecule has 21 heavy (non-hydrogen) atoms. The molecule has 0 radical (unpaired) electrons. The lowest BCUT2D eigenvalue weighted by molar-refractivity contribution is 0.145. The van der Waals surface area contributed by atoms with Crippen molar-refractivity contribution in [2.24, 2.45) is 0 Å². The first kappa shape index (κ1) is 13.1. The molecule has 106 valence electrons. The fraction of sp³-hybridized carbons (Fsp3) is 0.200. The van der Waals surface area contributed by atoms with E-state index in [-0.39, 0.29) is 17.5 Å². The van der Waals surface area contributed by atoms with Crippen LogP contribution in [0.4, 0.5) is 11.5 Å². The summed E-state index contributed by atoms with van der Waals surface area (Å²) in [6, 6.07) is 11.4. The van der Waals surface area contributed by atoms with E-state index in [1.165, 1.54) is 0 Å². The van der Waals surface area contributed by atoms with Crippen molar-refractivity contribution >= 4 is 11.5 Å². The molecule has 6 heteroatoms. The lowest BCUT2D eigenvalue weighted by Crippen LogP contribution is -2.22. The van der Waals surface area contributed by atoms with E-state index in [0.717, 1.165) is 11.3 Å². The molecule has 0 aliphatic carbocycles. The quantitative estimate of drug-likeness (QED) is 0.883. The third kappa shape index (κ3) is 2.41. The number of hydrogen-bond donors (Lipinski definition) is 2. The highest BCUT2D eigenvalue weighted by Gasteiger charge is 2.29. The second-order valence-corrected chi connectivity index (χ2v) is 4.75. The van der Waals surface area contributed by atoms with E-state index in [9.17, 15) is 0 Å². The monoisotopic (exact) mass is 282 g/mol. The van der Waals surface area contributed by atoms with Crippen molar-refractivity contribution in [1.82, 2.24) is 4.98 Å². The van der Waals surface area contributed by atoms with Crippen molar-refractivity contribution in [3.63, 3.8) is 0 Å². The molecule has 2 heterocycles. The van der Waals surface area contributed by atoms with Gasteiger partial charge in [-0.3, -0.25) is 0 Å². The fourth-order valence-electron chi connectivity index (χ4n) is 2.28. The molecular weight excluding hydrogens is 268 g/mol. The molecule has 1 aromatic heterocycles. The number of aromatic nitrogens is 1. The smallest absolute Gasteiger partial charge is 0.221 e. The van der Waals surface area contributed by atoms with Crippen LogP contribution in [0.2, 0.25) is 0 Å². The summed E-state index contributed by atoms with van der Waals surface area (Å²) in [6.07, 6.45) is 0.360. The minimum Gasteiger partial charge on any atom is -0.490 e. The zero-order chi connectivity index (χ0) is 14.8. The number of hydrogen-bond acceptors (Lipinski definition) is 6. The van der Waals surface area contributed by atoms with E-state index in [0.29, 0.717) is 24.6 Å². The van der Waals surface area contributed by atoms with Crippen LogP contribution in [-0.2, 0) is 6.42 Å². The van der Waals surface area contributed by atoms with E-state index in [4.69, 9.17) is 26.2 Å². The van der Waals surface area contributed by atoms with Gasteiger partial charge in [-0.05, 0) is 12.1 Å². The Morgan fingerprint density at radius 1 is 1.33 bits per heavy atom. The van der Waals surface area contributed by atoms with Gasteiger partial charge in [-0.1, -0.05) is 18.2 Å². The van der Waals surface area contributed by atoms with E-state index in [2.05, 4.69) is 4.98 Å². The molecule has 6 nitrogen and oxygen atoms in total. The number of anilines is 2. The number of nitrogens with zero attached hydrogens (tertiary/aromatic N) is 2. The van der Waals surface area contributed by atoms with Gasteiger partial charge in [0.2, 0.25) is 5.88 Å². The standard InChI is InChI=1S/C15H14N4O2/c16-7-12-13(17)11-6-10(21-15(11)19-14(12)18)8-20-9-4-2-1-3-5-9/h1-5,10H,6,8H2,(H4,17,18,19)/t10-/m0/s1. The van der Waals surface area contributed by atoms with Crippen LogP contribution in [0, 0.1) is 11.3 Å². The molecule has 0 spiro atoms. The van der Waals surface area contributed by atoms with Gasteiger partial charge in [0, 0.05) is 12.0 Å². The maximum absolute atomic E-state index is 9.03. The van der Waals surface area contributed by atoms with E-state index >= 15 is 0 Å². The zero-order valence-electron chi connectivity index (χ0n) is 11.2. The second-order valence-electron chi connectivity index (χ2n) is 4.75. The number of benzene rings is 1. The summed E-state index contributed by atoms with van der Waals surface area (Å²) >= 11 is 0. The molecule has 1 aliphatic heterocycles. The summed E-state index contributed by atoms with van der Waals surface area (Å²) < 4.78 is 11.3. The first-order valence-corrected chi connectivity index (χ1v) is 6.51. The Hall–Kier alpha value is -2.94. The Morgan fingerprint density at radius 2 is 2.10 bits per heavy atom. The highest BCUT2D eigenvalue weighted by atomic mass is 16.5. The number of nitrogen functional groups attached to an aromatic ring is 2. The number of pyridine rings is 1. The van der Waals surface area contributed by atoms with Crippen LogP contribution in [-0.4, -0.2) is 17.7 Å². The zero-order valence-corrected chi connectivity index (χ0v) is 11.2. The summed E-state index contributed by atoms with van der Waals surface area (Å²) in [5.74, 6) is 1.26. The molecule has 1 atom stereocenters. The van der Waals surface area contributed by atoms with E-state index in [1.807, 2.05) is 36.4 Å². The first-order valence-electron chi connectivity index (χ1n) is 6.51. The predicted molar refractivity (Wildman–Crippen MR) is 77.8 cm³/mol. The topological polar surface area (TPSA) is 107 Å². The SMILES string of the molecule is N#Cc1c(N)nc2c(c1N)C[C@@H](COc1ccccc1)O2. The summed E-state index contributed by atoms with van der Waals surface area (Å²) in [7, 11) is 0. The third-order valence-corrected chi connectivity index (χ3v) is 3.33. The number of fused-ring (bicyclic) bond motifs is 1. The van der Waals surface area contributed by atoms with Crippen LogP contribution < -0.4 is 20.9 Å². The number of ether oxygens (including phenoxy) is 2. The molecule has 0 unspecified atom stereocenters. The number of rotatable bonds is 3. The van der Waals surface area contributed by atoms with Crippen LogP contribution >= 0.6 is 0 Å². The van der Waals surface area contributed by atoms with Gasteiger partial charge in [0.05, 0.1) is 5.69 Å². The fourth-order valence-corrected chi connectivity index (χ4v) is 2.28. The third-order valence-electron chi connectivity index (χ3n) is 3.33. The Kier molecular flexibility index (Phi) is 3.24. The summed E-state index contributed by atoms with van der Waals surface area (Å²) in [6.45, 7) is 0.377. The number of para-hydroxylation sites is 1. The van der Waals surface area contributed by atoms with Gasteiger partial charge in [0.1, 0.15) is 35.9 Å². The minimum absolute atomic E-state index is 0.0957. The average molecular weight is 282 g/mol. The largest absolute Gasteiger partial charge is 0.490 e. The maximum atomic E-state index is 9.03. The van der Waals surface area contributed by atoms with Gasteiger partial charge in [-0.15, -0.1) is 0 Å². The molecule has 0 bridgehead atoms. The first-order chi connectivity index (χ1) is 10.2. The van der Waals surface area contributed by atoms with Crippen LogP contribution in [0.15, 0.2) is 30.3 Å². The van der Waals surface area contributed by atoms with E-state index in [1.54, 1.807) is 0 Å². The molecule has 1 aromatic carbocycles. The van der Waals surface area contributed by atoms with Gasteiger partial charge in [0.15, 0.2) is 0 Å². The van der Waals surface area contributed by atoms with Gasteiger partial charge >= 0.3 is 0 Å². The van der Waals surface area contributed by atoms with Gasteiger partial charge in [-0.25, -0.2) is 0 Å². The minimum atomic E-state index is -0.191. The van der Waals surface area contributed by atoms with Crippen LogP contribution in [0.1, 0.15) is 11.1 Å². The Morgan fingerprint density at radius 3 is 2.81 bits per heavy atom. The van der Waals surface area contributed by atoms with E-state index < -0.39 is 0 Å². The van der Waals surface area contributed by atoms with Crippen molar-refractivity contribution < 1.29 is 9.47 Å². The van der Waals surface area contributed by atoms with Crippen LogP contribution in [0.3, 0.4) is 0 Å². The number of nitrogens with two attached hydrogens (primary N) is 2. The maximum Gasteiger partial charge on any atom is 0.221 e.